The number of aromatic nitrogens is 6. The van der Waals surface area contributed by atoms with Gasteiger partial charge in [0.1, 0.15) is 30.5 Å². The second-order valence-corrected chi connectivity index (χ2v) is 15.9. The van der Waals surface area contributed by atoms with Crippen LogP contribution in [-0.4, -0.2) is 78.3 Å². The normalized spacial score (nSPS) is 38.5. The van der Waals surface area contributed by atoms with E-state index in [1.165, 1.54) is 17.2 Å². The summed E-state index contributed by atoms with van der Waals surface area (Å²) in [4.78, 5) is 30.9. The van der Waals surface area contributed by atoms with Crippen molar-refractivity contribution >= 4 is 61.0 Å². The van der Waals surface area contributed by atoms with E-state index in [1.807, 2.05) is 0 Å². The van der Waals surface area contributed by atoms with Gasteiger partial charge >= 0.3 is 13.6 Å². The van der Waals surface area contributed by atoms with Gasteiger partial charge in [-0.3, -0.25) is 27.9 Å². The van der Waals surface area contributed by atoms with Crippen LogP contribution in [0.25, 0.3) is 11.2 Å². The molecule has 0 aromatic carbocycles. The highest BCUT2D eigenvalue weighted by atomic mass is 32.7. The third kappa shape index (κ3) is 6.29. The average Bonchev–Trinajstić information content (AvgIpc) is 3.60. The van der Waals surface area contributed by atoms with E-state index >= 15 is 0 Å². The number of rotatable bonds is 4. The van der Waals surface area contributed by atoms with Crippen LogP contribution in [0.3, 0.4) is 0 Å². The minimum atomic E-state index is -4.19. The summed E-state index contributed by atoms with van der Waals surface area (Å²) in [7, 11) is 0. The van der Waals surface area contributed by atoms with E-state index in [0.717, 1.165) is 0 Å². The largest absolute Gasteiger partial charge is 0.387 e. The number of nitrogen functional groups attached to an aromatic ring is 1. The van der Waals surface area contributed by atoms with Gasteiger partial charge in [-0.1, -0.05) is 30.6 Å². The highest BCUT2D eigenvalue weighted by Crippen LogP contribution is 2.61. The molecule has 43 heavy (non-hydrogen) atoms. The maximum atomic E-state index is 13.6. The highest BCUT2D eigenvalue weighted by molar-refractivity contribution is 8.44. The van der Waals surface area contributed by atoms with Gasteiger partial charge in [0.2, 0.25) is 5.95 Å². The molecule has 232 valence electrons. The molecule has 2 bridgehead atoms. The number of imidazole rings is 1. The van der Waals surface area contributed by atoms with Gasteiger partial charge in [-0.25, -0.2) is 24.1 Å². The molecule has 0 amide bonds. The molecule has 1 aliphatic carbocycles. The summed E-state index contributed by atoms with van der Waals surface area (Å²) in [5.74, 6) is -0.556. The summed E-state index contributed by atoms with van der Waals surface area (Å²) in [6, 6.07) is 1.39. The van der Waals surface area contributed by atoms with E-state index in [1.54, 1.807) is 18.3 Å². The number of nitrogens with one attached hydrogen (secondary N) is 2. The summed E-state index contributed by atoms with van der Waals surface area (Å²) in [5, 5.41) is 14.5. The number of aliphatic hydroxyl groups excluding tert-OH is 1. The van der Waals surface area contributed by atoms with E-state index < -0.39 is 68.2 Å². The number of fused-ring (bicyclic) bond motifs is 4. The maximum absolute atomic E-state index is 13.6. The minimum absolute atomic E-state index is 0.0133. The van der Waals surface area contributed by atoms with Crippen LogP contribution in [0.4, 0.5) is 11.8 Å². The molecule has 5 heterocycles. The van der Waals surface area contributed by atoms with Gasteiger partial charge in [0.25, 0.3) is 5.56 Å². The van der Waals surface area contributed by atoms with Crippen LogP contribution in [0.1, 0.15) is 12.6 Å². The van der Waals surface area contributed by atoms with Gasteiger partial charge < -0.3 is 25.4 Å². The predicted octanol–water partition coefficient (Wildman–Crippen LogP) is 1.95. The molecule has 3 aromatic heterocycles. The molecule has 3 fully saturated rings. The first-order chi connectivity index (χ1) is 20.4. The van der Waals surface area contributed by atoms with Crippen LogP contribution in [0.15, 0.2) is 42.4 Å². The first-order valence-corrected chi connectivity index (χ1v) is 18.4. The van der Waals surface area contributed by atoms with Crippen molar-refractivity contribution in [2.45, 2.75) is 43.1 Å². The van der Waals surface area contributed by atoms with Crippen LogP contribution >= 0.6 is 38.1 Å². The van der Waals surface area contributed by atoms with Crippen LogP contribution in [0, 0.1) is 11.8 Å². The molecule has 0 spiro atoms. The van der Waals surface area contributed by atoms with Crippen molar-refractivity contribution in [3.63, 3.8) is 0 Å². The maximum Gasteiger partial charge on any atom is 0.386 e. The topological polar surface area (TPSA) is 228 Å². The Balaban J connectivity index is 1.31. The molecule has 1 saturated carbocycles. The summed E-state index contributed by atoms with van der Waals surface area (Å²) in [6.45, 7) is -5.03. The van der Waals surface area contributed by atoms with Crippen LogP contribution in [-0.2, 0) is 32.0 Å². The SMILES string of the molecule is C=C[C@@H]1[C@@H]2OP(=O)(S)OC[C@H]3O[C@@H](n4cnc5c(=O)[nH]c(N)nc54)[C@H](OP(=O)(S)OC[C@H]2C[C@H]1Nc1ccncn1)[C@@H]3O. The number of nitrogens with two attached hydrogens (primary N) is 1. The van der Waals surface area contributed by atoms with Gasteiger partial charge in [-0.05, 0) is 12.5 Å². The summed E-state index contributed by atoms with van der Waals surface area (Å²) in [5.41, 5.74) is 5.06. The number of H-pyrrole nitrogens is 1. The molecular weight excluding hydrogens is 646 g/mol. The molecule has 2 aliphatic heterocycles. The fourth-order valence-electron chi connectivity index (χ4n) is 5.55. The highest BCUT2D eigenvalue weighted by Gasteiger charge is 2.52. The van der Waals surface area contributed by atoms with E-state index in [4.69, 9.17) is 28.6 Å². The zero-order valence-corrected chi connectivity index (χ0v) is 25.7. The number of hydrogen-bond acceptors (Lipinski definition) is 15. The third-order valence-electron chi connectivity index (χ3n) is 7.45. The van der Waals surface area contributed by atoms with Gasteiger partial charge in [0.15, 0.2) is 17.4 Å². The molecule has 17 nitrogen and oxygen atoms in total. The molecular formula is C22H28N8O9P2S2. The average molecular weight is 675 g/mol. The molecule has 0 radical (unpaired) electrons. The molecule has 3 aliphatic rings. The fraction of sp³-hybridized carbons (Fsp3) is 0.500. The number of hydrogen-bond donors (Lipinski definition) is 6. The Labute approximate surface area is 254 Å². The Morgan fingerprint density at radius 2 is 1.93 bits per heavy atom. The fourth-order valence-corrected chi connectivity index (χ4v) is 8.60. The first-order valence-electron chi connectivity index (χ1n) is 13.0. The lowest BCUT2D eigenvalue weighted by atomic mass is 10.0. The number of thiol groups is 2. The van der Waals surface area contributed by atoms with Crippen molar-refractivity contribution in [1.82, 2.24) is 29.5 Å². The smallest absolute Gasteiger partial charge is 0.386 e. The van der Waals surface area contributed by atoms with E-state index in [0.29, 0.717) is 12.2 Å². The number of aromatic amines is 1. The van der Waals surface area contributed by atoms with Crippen molar-refractivity contribution < 1.29 is 37.1 Å². The second kappa shape index (κ2) is 11.9. The lowest BCUT2D eigenvalue weighted by molar-refractivity contribution is -0.0492. The van der Waals surface area contributed by atoms with Crippen LogP contribution in [0.5, 0.6) is 0 Å². The zero-order chi connectivity index (χ0) is 30.5. The second-order valence-electron chi connectivity index (χ2n) is 10.2. The lowest BCUT2D eigenvalue weighted by Crippen LogP contribution is -2.35. The molecule has 5 N–H and O–H groups in total. The van der Waals surface area contributed by atoms with Crippen LogP contribution in [0.2, 0.25) is 0 Å². The van der Waals surface area contributed by atoms with Crippen molar-refractivity contribution in [3.05, 3.63) is 47.9 Å². The molecule has 2 unspecified atom stereocenters. The van der Waals surface area contributed by atoms with Crippen molar-refractivity contribution in [2.75, 3.05) is 24.3 Å². The monoisotopic (exact) mass is 674 g/mol. The predicted molar refractivity (Wildman–Crippen MR) is 159 cm³/mol. The Morgan fingerprint density at radius 1 is 1.19 bits per heavy atom. The van der Waals surface area contributed by atoms with Gasteiger partial charge in [0.05, 0.1) is 25.6 Å². The number of nitrogens with zero attached hydrogens (tertiary/aromatic N) is 5. The van der Waals surface area contributed by atoms with E-state index in [-0.39, 0.29) is 29.8 Å². The van der Waals surface area contributed by atoms with Crippen molar-refractivity contribution in [1.29, 1.82) is 0 Å². The third-order valence-corrected chi connectivity index (χ3v) is 10.7. The lowest BCUT2D eigenvalue weighted by Gasteiger charge is -2.28. The Hall–Kier alpha value is -2.31. The van der Waals surface area contributed by atoms with E-state index in [9.17, 15) is 19.0 Å². The molecule has 3 aromatic rings. The molecule has 10 atom stereocenters. The number of anilines is 2. The first kappa shape index (κ1) is 30.7. The Kier molecular flexibility index (Phi) is 8.49. The van der Waals surface area contributed by atoms with Crippen molar-refractivity contribution in [3.8, 4) is 0 Å². The summed E-state index contributed by atoms with van der Waals surface area (Å²) in [6.07, 6.45) is 0.134. The Morgan fingerprint density at radius 3 is 2.65 bits per heavy atom. The minimum Gasteiger partial charge on any atom is -0.387 e. The standard InChI is InChI=1S/C22H28N8O9P2S2/c1-2-11-12(27-14-3-4-24-8-25-14)5-10-6-35-40(33,42)39-18-16(31)13(7-36-41(34,43)38-17(10)11)37-21(18)30-9-26-15-19(30)28-22(23)29-20(15)32/h2-4,8-13,16-18,21,31H,1,5-7H2,(H,33,42)(H,34,43)(H,24,25,27)(H3,23,28,29,32)/t10-,11+,12-,13-,16-,17-,18-,21-,40?,41?/m1/s1. The number of ether oxygens (including phenoxy) is 1. The molecule has 6 rings (SSSR count). The van der Waals surface area contributed by atoms with Gasteiger partial charge in [-0.2, -0.15) is 4.98 Å². The summed E-state index contributed by atoms with van der Waals surface area (Å²) < 4.78 is 57.3. The Bertz CT molecular complexity index is 1660. The van der Waals surface area contributed by atoms with E-state index in [2.05, 4.69) is 61.3 Å². The van der Waals surface area contributed by atoms with Gasteiger partial charge in [0, 0.05) is 24.1 Å². The van der Waals surface area contributed by atoms with Crippen molar-refractivity contribution in [2.24, 2.45) is 11.8 Å². The van der Waals surface area contributed by atoms with Gasteiger partial charge in [-0.15, -0.1) is 6.58 Å². The zero-order valence-electron chi connectivity index (χ0n) is 22.1. The molecule has 21 heteroatoms. The summed E-state index contributed by atoms with van der Waals surface area (Å²) >= 11 is 8.35. The van der Waals surface area contributed by atoms with Crippen LogP contribution < -0.4 is 16.6 Å². The molecule has 2 saturated heterocycles. The quantitative estimate of drug-likeness (QED) is 0.132. The number of aliphatic hydroxyl groups is 1.